The second-order valence-electron chi connectivity index (χ2n) is 1.66. The van der Waals surface area contributed by atoms with Gasteiger partial charge in [-0.15, -0.1) is 12.4 Å². The highest BCUT2D eigenvalue weighted by atomic mass is 35.5. The summed E-state index contributed by atoms with van der Waals surface area (Å²) >= 11 is 0. The molecule has 0 aliphatic rings. The lowest BCUT2D eigenvalue weighted by molar-refractivity contribution is -0.0427. The molecular weight excluding hydrogens is 154 g/mol. The molecule has 10 heavy (non-hydrogen) atoms. The highest BCUT2D eigenvalue weighted by molar-refractivity contribution is 5.85. The summed E-state index contributed by atoms with van der Waals surface area (Å²) < 4.78 is 0. The Morgan fingerprint density at radius 2 is 2.10 bits per heavy atom. The van der Waals surface area contributed by atoms with Crippen LogP contribution in [0.2, 0.25) is 0 Å². The SMILES string of the molecule is Cl.OC(O)c1cccnc1. The summed E-state index contributed by atoms with van der Waals surface area (Å²) in [5.41, 5.74) is 0.414. The van der Waals surface area contributed by atoms with Crippen LogP contribution in [0.5, 0.6) is 0 Å². The van der Waals surface area contributed by atoms with Gasteiger partial charge in [-0.2, -0.15) is 0 Å². The van der Waals surface area contributed by atoms with Crippen LogP contribution in [0.15, 0.2) is 24.5 Å². The van der Waals surface area contributed by atoms with Gasteiger partial charge in [0.05, 0.1) is 0 Å². The van der Waals surface area contributed by atoms with Crippen molar-refractivity contribution in [2.24, 2.45) is 0 Å². The molecule has 4 heteroatoms. The Balaban J connectivity index is 0.000000810. The van der Waals surface area contributed by atoms with Crippen LogP contribution in [0.4, 0.5) is 0 Å². The Labute approximate surface area is 64.8 Å². The summed E-state index contributed by atoms with van der Waals surface area (Å²) in [4.78, 5) is 3.69. The summed E-state index contributed by atoms with van der Waals surface area (Å²) in [5.74, 6) is 0. The first-order chi connectivity index (χ1) is 4.30. The third kappa shape index (κ3) is 2.31. The first-order valence-corrected chi connectivity index (χ1v) is 2.57. The van der Waals surface area contributed by atoms with Crippen LogP contribution in [0.3, 0.4) is 0 Å². The number of pyridine rings is 1. The van der Waals surface area contributed by atoms with E-state index < -0.39 is 6.29 Å². The van der Waals surface area contributed by atoms with E-state index in [1.54, 1.807) is 18.3 Å². The first-order valence-electron chi connectivity index (χ1n) is 2.57. The molecule has 0 aromatic carbocycles. The van der Waals surface area contributed by atoms with Gasteiger partial charge in [0.1, 0.15) is 0 Å². The van der Waals surface area contributed by atoms with Crippen LogP contribution < -0.4 is 0 Å². The average Bonchev–Trinajstić information content (AvgIpc) is 1.90. The number of hydrogen-bond acceptors (Lipinski definition) is 3. The maximum atomic E-state index is 8.54. The lowest BCUT2D eigenvalue weighted by Crippen LogP contribution is -1.93. The van der Waals surface area contributed by atoms with Gasteiger partial charge < -0.3 is 10.2 Å². The summed E-state index contributed by atoms with van der Waals surface area (Å²) in [5, 5.41) is 17.1. The molecular formula is C6H8ClNO2. The van der Waals surface area contributed by atoms with E-state index in [1.165, 1.54) is 6.20 Å². The standard InChI is InChI=1S/C6H7NO2.ClH/c8-6(9)5-2-1-3-7-4-5;/h1-4,6,8-9H;1H. The molecule has 0 atom stereocenters. The molecule has 0 radical (unpaired) electrons. The molecule has 1 aromatic heterocycles. The van der Waals surface area contributed by atoms with E-state index in [0.29, 0.717) is 5.56 Å². The third-order valence-electron chi connectivity index (χ3n) is 0.983. The lowest BCUT2D eigenvalue weighted by atomic mass is 10.3. The van der Waals surface area contributed by atoms with Crippen molar-refractivity contribution >= 4 is 12.4 Å². The number of aliphatic hydroxyl groups is 2. The van der Waals surface area contributed by atoms with Gasteiger partial charge in [0.25, 0.3) is 0 Å². The molecule has 56 valence electrons. The number of halogens is 1. The fourth-order valence-corrected chi connectivity index (χ4v) is 0.529. The predicted octanol–water partition coefficient (Wildman–Crippen LogP) is 0.487. The third-order valence-corrected chi connectivity index (χ3v) is 0.983. The van der Waals surface area contributed by atoms with Crippen LogP contribution in [-0.2, 0) is 0 Å². The van der Waals surface area contributed by atoms with Gasteiger partial charge in [0.2, 0.25) is 0 Å². The molecule has 0 fully saturated rings. The zero-order valence-electron chi connectivity index (χ0n) is 5.14. The number of aromatic nitrogens is 1. The van der Waals surface area contributed by atoms with E-state index in [4.69, 9.17) is 10.2 Å². The van der Waals surface area contributed by atoms with E-state index in [9.17, 15) is 0 Å². The Morgan fingerprint density at radius 1 is 1.40 bits per heavy atom. The van der Waals surface area contributed by atoms with Crippen molar-refractivity contribution in [2.45, 2.75) is 6.29 Å². The maximum absolute atomic E-state index is 8.54. The van der Waals surface area contributed by atoms with Crippen LogP contribution in [0.25, 0.3) is 0 Å². The molecule has 0 aliphatic carbocycles. The molecule has 1 aromatic rings. The van der Waals surface area contributed by atoms with Crippen LogP contribution in [0.1, 0.15) is 11.9 Å². The minimum absolute atomic E-state index is 0. The van der Waals surface area contributed by atoms with Gasteiger partial charge in [0, 0.05) is 18.0 Å². The van der Waals surface area contributed by atoms with Crippen molar-refractivity contribution in [3.8, 4) is 0 Å². The van der Waals surface area contributed by atoms with Gasteiger partial charge in [-0.05, 0) is 6.07 Å². The smallest absolute Gasteiger partial charge is 0.179 e. The number of rotatable bonds is 1. The van der Waals surface area contributed by atoms with Crippen molar-refractivity contribution < 1.29 is 10.2 Å². The van der Waals surface area contributed by atoms with E-state index >= 15 is 0 Å². The van der Waals surface area contributed by atoms with Crippen LogP contribution in [-0.4, -0.2) is 15.2 Å². The van der Waals surface area contributed by atoms with Crippen molar-refractivity contribution in [3.05, 3.63) is 30.1 Å². The van der Waals surface area contributed by atoms with E-state index in [1.807, 2.05) is 0 Å². The fourth-order valence-electron chi connectivity index (χ4n) is 0.529. The maximum Gasteiger partial charge on any atom is 0.179 e. The molecule has 0 saturated heterocycles. The van der Waals surface area contributed by atoms with E-state index in [0.717, 1.165) is 0 Å². The lowest BCUT2D eigenvalue weighted by Gasteiger charge is -1.99. The second-order valence-corrected chi connectivity index (χ2v) is 1.66. The zero-order valence-corrected chi connectivity index (χ0v) is 5.95. The fraction of sp³-hybridized carbons (Fsp3) is 0.167. The monoisotopic (exact) mass is 161 g/mol. The van der Waals surface area contributed by atoms with Crippen LogP contribution >= 0.6 is 12.4 Å². The second kappa shape index (κ2) is 4.22. The normalized spacial score (nSPS) is 9.10. The predicted molar refractivity (Wildman–Crippen MR) is 38.7 cm³/mol. The summed E-state index contributed by atoms with van der Waals surface area (Å²) in [7, 11) is 0. The molecule has 0 amide bonds. The van der Waals surface area contributed by atoms with Gasteiger partial charge >= 0.3 is 0 Å². The molecule has 1 rings (SSSR count). The highest BCUT2D eigenvalue weighted by Crippen LogP contribution is 2.04. The number of nitrogens with zero attached hydrogens (tertiary/aromatic N) is 1. The molecule has 0 saturated carbocycles. The van der Waals surface area contributed by atoms with Gasteiger partial charge in [-0.25, -0.2) is 0 Å². The zero-order chi connectivity index (χ0) is 6.69. The van der Waals surface area contributed by atoms with E-state index in [-0.39, 0.29) is 12.4 Å². The van der Waals surface area contributed by atoms with Gasteiger partial charge in [-0.1, -0.05) is 6.07 Å². The molecule has 0 unspecified atom stereocenters. The minimum Gasteiger partial charge on any atom is -0.364 e. The topological polar surface area (TPSA) is 53.4 Å². The molecule has 0 aliphatic heterocycles. The average molecular weight is 162 g/mol. The molecule has 2 N–H and O–H groups in total. The summed E-state index contributed by atoms with van der Waals surface area (Å²) in [6, 6.07) is 3.24. The highest BCUT2D eigenvalue weighted by Gasteiger charge is 1.98. The van der Waals surface area contributed by atoms with Gasteiger partial charge in [0.15, 0.2) is 6.29 Å². The Hall–Kier alpha value is -0.640. The van der Waals surface area contributed by atoms with Crippen molar-refractivity contribution in [3.63, 3.8) is 0 Å². The summed E-state index contributed by atoms with van der Waals surface area (Å²) in [6.45, 7) is 0. The summed E-state index contributed by atoms with van der Waals surface area (Å²) in [6.07, 6.45) is 1.58. The largest absolute Gasteiger partial charge is 0.364 e. The number of hydrogen-bond donors (Lipinski definition) is 2. The Morgan fingerprint density at radius 3 is 2.40 bits per heavy atom. The van der Waals surface area contributed by atoms with E-state index in [2.05, 4.69) is 4.98 Å². The number of aliphatic hydroxyl groups excluding tert-OH is 1. The van der Waals surface area contributed by atoms with Crippen molar-refractivity contribution in [1.29, 1.82) is 0 Å². The molecule has 3 nitrogen and oxygen atoms in total. The molecule has 1 heterocycles. The molecule has 0 spiro atoms. The van der Waals surface area contributed by atoms with Crippen molar-refractivity contribution in [1.82, 2.24) is 4.98 Å². The molecule has 0 bridgehead atoms. The van der Waals surface area contributed by atoms with Crippen molar-refractivity contribution in [2.75, 3.05) is 0 Å². The first kappa shape index (κ1) is 9.36. The Kier molecular flexibility index (Phi) is 3.95. The quantitative estimate of drug-likeness (QED) is 0.590. The minimum atomic E-state index is -1.40. The Bertz CT molecular complexity index is 178. The van der Waals surface area contributed by atoms with Gasteiger partial charge in [-0.3, -0.25) is 4.98 Å². The van der Waals surface area contributed by atoms with Crippen LogP contribution in [0, 0.1) is 0 Å².